The molecule has 2 rings (SSSR count). The highest BCUT2D eigenvalue weighted by Gasteiger charge is 2.17. The molecule has 1 aliphatic heterocycles. The molecule has 5 nitrogen and oxygen atoms in total. The average molecular weight is 210 g/mol. The van der Waals surface area contributed by atoms with Gasteiger partial charge >= 0.3 is 0 Å². The van der Waals surface area contributed by atoms with E-state index in [0.29, 0.717) is 29.1 Å². The van der Waals surface area contributed by atoms with E-state index in [1.54, 1.807) is 12.1 Å². The second-order valence-electron chi connectivity index (χ2n) is 2.93. The molecule has 0 atom stereocenters. The quantitative estimate of drug-likeness (QED) is 0.737. The van der Waals surface area contributed by atoms with Crippen LogP contribution in [-0.2, 0) is 0 Å². The Hall–Kier alpha value is -1.75. The standard InChI is InChI=1S/C10H10O5/c11-1-2-13-8-4-10-9(14-6-15-10)3-7(8)5-12/h3-5,11H,1-2,6H2. The SMILES string of the molecule is O=Cc1cc2c(cc1OCCO)OCO2. The minimum Gasteiger partial charge on any atom is -0.490 e. The van der Waals surface area contributed by atoms with Gasteiger partial charge in [-0.25, -0.2) is 0 Å². The van der Waals surface area contributed by atoms with Crippen molar-refractivity contribution in [2.75, 3.05) is 20.0 Å². The number of ether oxygens (including phenoxy) is 3. The molecule has 0 aromatic heterocycles. The zero-order valence-corrected chi connectivity index (χ0v) is 7.93. The first-order valence-electron chi connectivity index (χ1n) is 4.47. The van der Waals surface area contributed by atoms with E-state index in [2.05, 4.69) is 0 Å². The number of aliphatic hydroxyl groups excluding tert-OH is 1. The summed E-state index contributed by atoms with van der Waals surface area (Å²) in [6.07, 6.45) is 0.675. The molecular weight excluding hydrogens is 200 g/mol. The number of aliphatic hydroxyl groups is 1. The maximum atomic E-state index is 10.8. The van der Waals surface area contributed by atoms with E-state index in [0.717, 1.165) is 0 Å². The van der Waals surface area contributed by atoms with Gasteiger partial charge < -0.3 is 19.3 Å². The summed E-state index contributed by atoms with van der Waals surface area (Å²) in [6.45, 7) is 0.185. The Morgan fingerprint density at radius 3 is 2.80 bits per heavy atom. The number of carbonyl (C=O) groups excluding carboxylic acids is 1. The average Bonchev–Trinajstić information content (AvgIpc) is 2.71. The van der Waals surface area contributed by atoms with E-state index in [9.17, 15) is 4.79 Å². The van der Waals surface area contributed by atoms with Gasteiger partial charge in [-0.15, -0.1) is 0 Å². The van der Waals surface area contributed by atoms with Crippen LogP contribution >= 0.6 is 0 Å². The summed E-state index contributed by atoms with van der Waals surface area (Å²) < 4.78 is 15.4. The summed E-state index contributed by atoms with van der Waals surface area (Å²) in [5.41, 5.74) is 0.382. The number of carbonyl (C=O) groups is 1. The highest BCUT2D eigenvalue weighted by atomic mass is 16.7. The van der Waals surface area contributed by atoms with Crippen molar-refractivity contribution in [2.24, 2.45) is 0 Å². The lowest BCUT2D eigenvalue weighted by atomic mass is 10.2. The molecule has 0 fully saturated rings. The predicted molar refractivity (Wildman–Crippen MR) is 50.5 cm³/mol. The Morgan fingerprint density at radius 2 is 2.13 bits per heavy atom. The van der Waals surface area contributed by atoms with Gasteiger partial charge in [-0.2, -0.15) is 0 Å². The van der Waals surface area contributed by atoms with Crippen molar-refractivity contribution >= 4 is 6.29 Å². The molecule has 0 saturated heterocycles. The van der Waals surface area contributed by atoms with Crippen LogP contribution in [0, 0.1) is 0 Å². The molecular formula is C10H10O5. The van der Waals surface area contributed by atoms with Gasteiger partial charge in [0.15, 0.2) is 17.8 Å². The third kappa shape index (κ3) is 1.87. The molecule has 1 heterocycles. The lowest BCUT2D eigenvalue weighted by Gasteiger charge is -2.07. The van der Waals surface area contributed by atoms with Crippen LogP contribution in [0.2, 0.25) is 0 Å². The minimum atomic E-state index is -0.104. The number of hydrogen-bond acceptors (Lipinski definition) is 5. The Morgan fingerprint density at radius 1 is 1.40 bits per heavy atom. The van der Waals surface area contributed by atoms with Crippen LogP contribution in [0.3, 0.4) is 0 Å². The Balaban J connectivity index is 2.31. The minimum absolute atomic E-state index is 0.104. The summed E-state index contributed by atoms with van der Waals surface area (Å²) in [5.74, 6) is 1.48. The zero-order valence-electron chi connectivity index (χ0n) is 7.93. The lowest BCUT2D eigenvalue weighted by Crippen LogP contribution is -2.03. The molecule has 1 aromatic rings. The highest BCUT2D eigenvalue weighted by Crippen LogP contribution is 2.37. The molecule has 1 N–H and O–H groups in total. The van der Waals surface area contributed by atoms with Crippen LogP contribution in [0.1, 0.15) is 10.4 Å². The van der Waals surface area contributed by atoms with Crippen LogP contribution in [-0.4, -0.2) is 31.4 Å². The van der Waals surface area contributed by atoms with E-state index < -0.39 is 0 Å². The fourth-order valence-electron chi connectivity index (χ4n) is 1.31. The maximum absolute atomic E-state index is 10.8. The molecule has 15 heavy (non-hydrogen) atoms. The van der Waals surface area contributed by atoms with E-state index in [4.69, 9.17) is 19.3 Å². The Labute approximate surface area is 86.2 Å². The molecule has 0 bridgehead atoms. The number of rotatable bonds is 4. The van der Waals surface area contributed by atoms with Gasteiger partial charge in [-0.05, 0) is 6.07 Å². The lowest BCUT2D eigenvalue weighted by molar-refractivity contribution is 0.111. The van der Waals surface area contributed by atoms with Crippen molar-refractivity contribution in [3.63, 3.8) is 0 Å². The summed E-state index contributed by atoms with van der Waals surface area (Å²) in [5, 5.41) is 8.62. The molecule has 0 aliphatic carbocycles. The largest absolute Gasteiger partial charge is 0.490 e. The molecule has 1 aromatic carbocycles. The van der Waals surface area contributed by atoms with Crippen LogP contribution < -0.4 is 14.2 Å². The summed E-state index contributed by atoms with van der Waals surface area (Å²) in [7, 11) is 0. The van der Waals surface area contributed by atoms with Crippen LogP contribution in [0.4, 0.5) is 0 Å². The first kappa shape index (κ1) is 9.79. The number of hydrogen-bond donors (Lipinski definition) is 1. The van der Waals surface area contributed by atoms with Crippen LogP contribution in [0.25, 0.3) is 0 Å². The molecule has 1 aliphatic rings. The van der Waals surface area contributed by atoms with Gasteiger partial charge in [0, 0.05) is 6.07 Å². The normalized spacial score (nSPS) is 12.6. The monoisotopic (exact) mass is 210 g/mol. The van der Waals surface area contributed by atoms with E-state index in [1.807, 2.05) is 0 Å². The van der Waals surface area contributed by atoms with Crippen molar-refractivity contribution in [3.8, 4) is 17.2 Å². The summed E-state index contributed by atoms with van der Waals surface area (Å²) in [6, 6.07) is 3.14. The number of benzene rings is 1. The second-order valence-corrected chi connectivity index (χ2v) is 2.93. The molecule has 0 unspecified atom stereocenters. The highest BCUT2D eigenvalue weighted by molar-refractivity contribution is 5.81. The second kappa shape index (κ2) is 4.18. The molecule has 5 heteroatoms. The third-order valence-electron chi connectivity index (χ3n) is 1.98. The molecule has 0 amide bonds. The van der Waals surface area contributed by atoms with Crippen molar-refractivity contribution in [3.05, 3.63) is 17.7 Å². The van der Waals surface area contributed by atoms with Gasteiger partial charge in [0.25, 0.3) is 0 Å². The van der Waals surface area contributed by atoms with Gasteiger partial charge in [0.1, 0.15) is 12.4 Å². The maximum Gasteiger partial charge on any atom is 0.231 e. The van der Waals surface area contributed by atoms with Crippen LogP contribution in [0.5, 0.6) is 17.2 Å². The smallest absolute Gasteiger partial charge is 0.231 e. The van der Waals surface area contributed by atoms with E-state index >= 15 is 0 Å². The number of aldehydes is 1. The topological polar surface area (TPSA) is 65.0 Å². The van der Waals surface area contributed by atoms with Crippen molar-refractivity contribution in [1.82, 2.24) is 0 Å². The first-order valence-corrected chi connectivity index (χ1v) is 4.47. The fourth-order valence-corrected chi connectivity index (χ4v) is 1.31. The van der Waals surface area contributed by atoms with Gasteiger partial charge in [0.2, 0.25) is 6.79 Å². The first-order chi connectivity index (χ1) is 7.35. The summed E-state index contributed by atoms with van der Waals surface area (Å²) in [4.78, 5) is 10.8. The van der Waals surface area contributed by atoms with Gasteiger partial charge in [-0.1, -0.05) is 0 Å². The fraction of sp³-hybridized carbons (Fsp3) is 0.300. The van der Waals surface area contributed by atoms with Crippen molar-refractivity contribution < 1.29 is 24.1 Å². The van der Waals surface area contributed by atoms with E-state index in [-0.39, 0.29) is 20.0 Å². The molecule has 80 valence electrons. The van der Waals surface area contributed by atoms with Crippen LogP contribution in [0.15, 0.2) is 12.1 Å². The molecule has 0 radical (unpaired) electrons. The number of fused-ring (bicyclic) bond motifs is 1. The Bertz CT molecular complexity index is 374. The van der Waals surface area contributed by atoms with Crippen molar-refractivity contribution in [2.45, 2.75) is 0 Å². The predicted octanol–water partition coefficient (Wildman–Crippen LogP) is 0.599. The Kier molecular flexibility index (Phi) is 2.73. The third-order valence-corrected chi connectivity index (χ3v) is 1.98. The molecule has 0 saturated carbocycles. The summed E-state index contributed by atoms with van der Waals surface area (Å²) >= 11 is 0. The molecule has 0 spiro atoms. The van der Waals surface area contributed by atoms with Gasteiger partial charge in [0.05, 0.1) is 12.2 Å². The van der Waals surface area contributed by atoms with Crippen molar-refractivity contribution in [1.29, 1.82) is 0 Å². The zero-order chi connectivity index (χ0) is 10.7. The van der Waals surface area contributed by atoms with Gasteiger partial charge in [-0.3, -0.25) is 4.79 Å². The van der Waals surface area contributed by atoms with E-state index in [1.165, 1.54) is 0 Å².